The van der Waals surface area contributed by atoms with E-state index in [1.165, 1.54) is 5.56 Å². The van der Waals surface area contributed by atoms with Gasteiger partial charge in [0, 0.05) is 63.8 Å². The fourth-order valence-electron chi connectivity index (χ4n) is 3.30. The molecule has 8 nitrogen and oxygen atoms in total. The Morgan fingerprint density at radius 2 is 1.50 bits per heavy atom. The lowest BCUT2D eigenvalue weighted by atomic mass is 10.2. The van der Waals surface area contributed by atoms with Gasteiger partial charge in [0.1, 0.15) is 4.90 Å². The minimum absolute atomic E-state index is 0.327. The van der Waals surface area contributed by atoms with Crippen molar-refractivity contribution in [1.29, 1.82) is 0 Å². The molecule has 0 amide bonds. The molecule has 2 aromatic heterocycles. The predicted octanol–water partition coefficient (Wildman–Crippen LogP) is 1.24. The van der Waals surface area contributed by atoms with Crippen LogP contribution in [-0.2, 0) is 29.7 Å². The van der Waals surface area contributed by atoms with Crippen LogP contribution in [-0.4, -0.2) is 63.4 Å². The van der Waals surface area contributed by atoms with Gasteiger partial charge < -0.3 is 0 Å². The lowest BCUT2D eigenvalue weighted by molar-refractivity contribution is 0.181. The van der Waals surface area contributed by atoms with Gasteiger partial charge in [0.05, 0.1) is 11.4 Å². The minimum atomic E-state index is -3.48. The molecular formula is C17H28N6O2S. The molecule has 0 radical (unpaired) electrons. The summed E-state index contributed by atoms with van der Waals surface area (Å²) in [5.74, 6) is 0. The molecule has 26 heavy (non-hydrogen) atoms. The van der Waals surface area contributed by atoms with Crippen LogP contribution in [0.3, 0.4) is 0 Å². The van der Waals surface area contributed by atoms with Crippen molar-refractivity contribution in [3.63, 3.8) is 0 Å². The average Bonchev–Trinajstić information content (AvgIpc) is 3.18. The Hall–Kier alpha value is -1.71. The highest BCUT2D eigenvalue weighted by molar-refractivity contribution is 7.89. The Morgan fingerprint density at radius 1 is 0.923 bits per heavy atom. The number of sulfonamides is 1. The maximum Gasteiger partial charge on any atom is 0.246 e. The molecule has 0 atom stereocenters. The smallest absolute Gasteiger partial charge is 0.246 e. The van der Waals surface area contributed by atoms with Crippen LogP contribution in [0.1, 0.15) is 30.8 Å². The van der Waals surface area contributed by atoms with Crippen LogP contribution in [0.5, 0.6) is 0 Å². The fraction of sp³-hybridized carbons (Fsp3) is 0.647. The van der Waals surface area contributed by atoms with Crippen LogP contribution >= 0.6 is 0 Å². The molecule has 0 spiro atoms. The first kappa shape index (κ1) is 19.1. The summed E-state index contributed by atoms with van der Waals surface area (Å²) in [6, 6.07) is 0. The van der Waals surface area contributed by atoms with Crippen LogP contribution in [0.4, 0.5) is 0 Å². The minimum Gasteiger partial charge on any atom is -0.296 e. The maximum atomic E-state index is 12.9. The number of hydrogen-bond donors (Lipinski definition) is 0. The molecule has 1 aliphatic rings. The number of aryl methyl sites for hydroxylation is 4. The molecular weight excluding hydrogens is 352 g/mol. The molecule has 0 saturated carbocycles. The van der Waals surface area contributed by atoms with Crippen LogP contribution in [0.25, 0.3) is 0 Å². The second kappa shape index (κ2) is 7.50. The summed E-state index contributed by atoms with van der Waals surface area (Å²) in [7, 11) is -3.48. The fourth-order valence-corrected chi connectivity index (χ4v) is 4.89. The molecule has 1 saturated heterocycles. The summed E-state index contributed by atoms with van der Waals surface area (Å²) < 4.78 is 31.1. The zero-order chi connectivity index (χ0) is 18.9. The van der Waals surface area contributed by atoms with Gasteiger partial charge in [0.25, 0.3) is 0 Å². The first-order valence-electron chi connectivity index (χ1n) is 9.14. The van der Waals surface area contributed by atoms with Crippen molar-refractivity contribution in [2.75, 3.05) is 26.2 Å². The van der Waals surface area contributed by atoms with Crippen molar-refractivity contribution < 1.29 is 8.42 Å². The molecule has 0 aromatic carbocycles. The van der Waals surface area contributed by atoms with E-state index in [4.69, 9.17) is 0 Å². The Morgan fingerprint density at radius 3 is 2.04 bits per heavy atom. The number of piperazine rings is 1. The van der Waals surface area contributed by atoms with Crippen molar-refractivity contribution in [3.05, 3.63) is 29.3 Å². The van der Waals surface area contributed by atoms with Gasteiger partial charge in [0.2, 0.25) is 10.0 Å². The Kier molecular flexibility index (Phi) is 5.50. The summed E-state index contributed by atoms with van der Waals surface area (Å²) in [5.41, 5.74) is 2.82. The topological polar surface area (TPSA) is 76.3 Å². The first-order valence-corrected chi connectivity index (χ1v) is 10.6. The molecule has 3 heterocycles. The molecule has 2 aromatic rings. The van der Waals surface area contributed by atoms with Gasteiger partial charge in [-0.1, -0.05) is 0 Å². The number of aromatic nitrogens is 4. The number of nitrogens with zero attached hydrogens (tertiary/aromatic N) is 6. The van der Waals surface area contributed by atoms with E-state index in [-0.39, 0.29) is 0 Å². The average molecular weight is 381 g/mol. The van der Waals surface area contributed by atoms with Crippen LogP contribution in [0.2, 0.25) is 0 Å². The number of hydrogen-bond acceptors (Lipinski definition) is 5. The van der Waals surface area contributed by atoms with E-state index in [2.05, 4.69) is 28.2 Å². The van der Waals surface area contributed by atoms with E-state index in [1.807, 2.05) is 18.5 Å². The zero-order valence-corrected chi connectivity index (χ0v) is 16.8. The van der Waals surface area contributed by atoms with Gasteiger partial charge in [-0.15, -0.1) is 0 Å². The van der Waals surface area contributed by atoms with Gasteiger partial charge in [-0.3, -0.25) is 14.3 Å². The monoisotopic (exact) mass is 380 g/mol. The first-order chi connectivity index (χ1) is 12.3. The third-order valence-corrected chi connectivity index (χ3v) is 6.94. The van der Waals surface area contributed by atoms with E-state index >= 15 is 0 Å². The second-order valence-electron chi connectivity index (χ2n) is 6.71. The molecule has 3 rings (SSSR count). The summed E-state index contributed by atoms with van der Waals surface area (Å²) in [5, 5.41) is 8.76. The van der Waals surface area contributed by atoms with Gasteiger partial charge in [-0.25, -0.2) is 8.42 Å². The molecule has 0 aliphatic carbocycles. The Labute approximate surface area is 155 Å². The summed E-state index contributed by atoms with van der Waals surface area (Å²) in [4.78, 5) is 2.62. The molecule has 1 fully saturated rings. The van der Waals surface area contributed by atoms with Crippen molar-refractivity contribution >= 4 is 10.0 Å². The lowest BCUT2D eigenvalue weighted by Crippen LogP contribution is -2.48. The van der Waals surface area contributed by atoms with Gasteiger partial charge >= 0.3 is 0 Å². The lowest BCUT2D eigenvalue weighted by Gasteiger charge is -2.33. The second-order valence-corrected chi connectivity index (χ2v) is 8.62. The highest BCUT2D eigenvalue weighted by Crippen LogP contribution is 2.21. The van der Waals surface area contributed by atoms with E-state index in [1.54, 1.807) is 22.1 Å². The molecule has 0 unspecified atom stereocenters. The largest absolute Gasteiger partial charge is 0.296 e. The molecule has 0 N–H and O–H groups in total. The predicted molar refractivity (Wildman–Crippen MR) is 99.3 cm³/mol. The molecule has 9 heteroatoms. The van der Waals surface area contributed by atoms with Crippen LogP contribution in [0.15, 0.2) is 17.3 Å². The van der Waals surface area contributed by atoms with Crippen LogP contribution < -0.4 is 0 Å². The third-order valence-electron chi connectivity index (χ3n) is 4.94. The summed E-state index contributed by atoms with van der Waals surface area (Å²) in [6.07, 6.45) is 3.72. The molecule has 144 valence electrons. The maximum absolute atomic E-state index is 12.9. The van der Waals surface area contributed by atoms with Crippen molar-refractivity contribution in [3.8, 4) is 0 Å². The SMILES string of the molecule is CCn1cc(CN2CCN(S(=O)(=O)c3cn(CC)nc3C)CC2)c(C)n1. The van der Waals surface area contributed by atoms with E-state index in [9.17, 15) is 8.42 Å². The Bertz CT molecular complexity index is 862. The van der Waals surface area contributed by atoms with Gasteiger partial charge in [-0.05, 0) is 27.7 Å². The van der Waals surface area contributed by atoms with Gasteiger partial charge in [0.15, 0.2) is 0 Å². The highest BCUT2D eigenvalue weighted by atomic mass is 32.2. The normalized spacial score (nSPS) is 17.1. The van der Waals surface area contributed by atoms with Crippen LogP contribution in [0, 0.1) is 13.8 Å². The standard InChI is InChI=1S/C17H28N6O2S/c1-5-21-12-16(14(3)18-21)11-20-7-9-23(10-8-20)26(24,25)17-13-22(6-2)19-15(17)4/h12-13H,5-11H2,1-4H3. The van der Waals surface area contributed by atoms with Crippen molar-refractivity contribution in [2.45, 2.75) is 52.2 Å². The van der Waals surface area contributed by atoms with E-state index in [0.717, 1.165) is 31.9 Å². The number of rotatable bonds is 6. The van der Waals surface area contributed by atoms with E-state index < -0.39 is 10.0 Å². The van der Waals surface area contributed by atoms with E-state index in [0.29, 0.717) is 30.2 Å². The Balaban J connectivity index is 1.65. The highest BCUT2D eigenvalue weighted by Gasteiger charge is 2.31. The quantitative estimate of drug-likeness (QED) is 0.754. The third kappa shape index (κ3) is 3.70. The zero-order valence-electron chi connectivity index (χ0n) is 16.0. The summed E-state index contributed by atoms with van der Waals surface area (Å²) in [6.45, 7) is 12.6. The molecule has 1 aliphatic heterocycles. The van der Waals surface area contributed by atoms with Crippen molar-refractivity contribution in [1.82, 2.24) is 28.8 Å². The molecule has 0 bridgehead atoms. The van der Waals surface area contributed by atoms with Gasteiger partial charge in [-0.2, -0.15) is 14.5 Å². The van der Waals surface area contributed by atoms with Crippen molar-refractivity contribution in [2.24, 2.45) is 0 Å². The summed E-state index contributed by atoms with van der Waals surface area (Å²) >= 11 is 0.